The van der Waals surface area contributed by atoms with Crippen LogP contribution < -0.4 is 0 Å². The van der Waals surface area contributed by atoms with Gasteiger partial charge in [0.05, 0.1) is 6.54 Å². The molecule has 0 aromatic heterocycles. The first-order valence-electron chi connectivity index (χ1n) is 9.24. The van der Waals surface area contributed by atoms with E-state index in [1.807, 2.05) is 13.8 Å². The van der Waals surface area contributed by atoms with Crippen molar-refractivity contribution in [1.82, 2.24) is 18.4 Å². The molecule has 1 aliphatic heterocycles. The van der Waals surface area contributed by atoms with Crippen molar-refractivity contribution in [2.75, 3.05) is 52.9 Å². The predicted octanol–water partition coefficient (Wildman–Crippen LogP) is 1.14. The number of benzene rings is 1. The quantitative estimate of drug-likeness (QED) is 0.649. The smallest absolute Gasteiger partial charge is 0.282 e. The van der Waals surface area contributed by atoms with E-state index in [0.29, 0.717) is 23.7 Å². The van der Waals surface area contributed by atoms with E-state index in [1.54, 1.807) is 34.1 Å². The molecule has 0 atom stereocenters. The van der Waals surface area contributed by atoms with Gasteiger partial charge >= 0.3 is 0 Å². The van der Waals surface area contributed by atoms with E-state index in [4.69, 9.17) is 11.6 Å². The van der Waals surface area contributed by atoms with Gasteiger partial charge in [0, 0.05) is 56.9 Å². The summed E-state index contributed by atoms with van der Waals surface area (Å²) in [5.41, 5.74) is 0.478. The molecule has 2 amide bonds. The topological polar surface area (TPSA) is 81.2 Å². The van der Waals surface area contributed by atoms with Crippen molar-refractivity contribution in [3.63, 3.8) is 0 Å². The van der Waals surface area contributed by atoms with E-state index in [1.165, 1.54) is 11.4 Å². The third kappa shape index (κ3) is 5.22. The van der Waals surface area contributed by atoms with Crippen molar-refractivity contribution < 1.29 is 18.0 Å². The number of carbonyl (C=O) groups is 2. The maximum absolute atomic E-state index is 12.8. The SMILES string of the molecule is CCN(CC)C(=O)CN(C)S(=O)(=O)N1CCN(C(=O)c2cccc(Cl)c2)CC1. The molecular formula is C18H27ClN4O4S. The monoisotopic (exact) mass is 430 g/mol. The van der Waals surface area contributed by atoms with Crippen molar-refractivity contribution in [2.45, 2.75) is 13.8 Å². The molecule has 0 saturated carbocycles. The molecule has 0 unspecified atom stereocenters. The summed E-state index contributed by atoms with van der Waals surface area (Å²) in [6.45, 7) is 5.49. The Labute approximate surface area is 171 Å². The number of nitrogens with zero attached hydrogens (tertiary/aromatic N) is 4. The van der Waals surface area contributed by atoms with Crippen LogP contribution in [-0.2, 0) is 15.0 Å². The van der Waals surface area contributed by atoms with Gasteiger partial charge in [0.15, 0.2) is 0 Å². The molecule has 8 nitrogen and oxygen atoms in total. The van der Waals surface area contributed by atoms with Gasteiger partial charge in [-0.2, -0.15) is 17.0 Å². The first-order chi connectivity index (χ1) is 13.2. The molecule has 28 heavy (non-hydrogen) atoms. The number of carbonyl (C=O) groups excluding carboxylic acids is 2. The Bertz CT molecular complexity index is 806. The Hall–Kier alpha value is -1.68. The highest BCUT2D eigenvalue weighted by atomic mass is 35.5. The minimum Gasteiger partial charge on any atom is -0.342 e. The minimum absolute atomic E-state index is 0.176. The van der Waals surface area contributed by atoms with Crippen molar-refractivity contribution in [1.29, 1.82) is 0 Å². The summed E-state index contributed by atoms with van der Waals surface area (Å²) in [4.78, 5) is 28.0. The van der Waals surface area contributed by atoms with Crippen LogP contribution in [-0.4, -0.2) is 91.5 Å². The number of hydrogen-bond donors (Lipinski definition) is 0. The van der Waals surface area contributed by atoms with E-state index in [0.717, 1.165) is 4.31 Å². The summed E-state index contributed by atoms with van der Waals surface area (Å²) in [5.74, 6) is -0.407. The van der Waals surface area contributed by atoms with E-state index in [9.17, 15) is 18.0 Å². The zero-order valence-electron chi connectivity index (χ0n) is 16.5. The molecule has 156 valence electrons. The molecule has 1 heterocycles. The summed E-state index contributed by atoms with van der Waals surface area (Å²) < 4.78 is 27.9. The van der Waals surface area contributed by atoms with Gasteiger partial charge in [-0.05, 0) is 32.0 Å². The molecule has 10 heteroatoms. The second-order valence-corrected chi connectivity index (χ2v) is 9.00. The van der Waals surface area contributed by atoms with Gasteiger partial charge < -0.3 is 9.80 Å². The van der Waals surface area contributed by atoms with Gasteiger partial charge in [-0.25, -0.2) is 0 Å². The Morgan fingerprint density at radius 3 is 2.25 bits per heavy atom. The van der Waals surface area contributed by atoms with Gasteiger partial charge in [-0.1, -0.05) is 17.7 Å². The molecule has 1 saturated heterocycles. The third-order valence-corrected chi connectivity index (χ3v) is 6.96. The van der Waals surface area contributed by atoms with E-state index < -0.39 is 10.2 Å². The van der Waals surface area contributed by atoms with Gasteiger partial charge in [0.1, 0.15) is 0 Å². The molecule has 0 N–H and O–H groups in total. The van der Waals surface area contributed by atoms with Crippen LogP contribution in [0.5, 0.6) is 0 Å². The number of rotatable bonds is 7. The maximum Gasteiger partial charge on any atom is 0.282 e. The fraction of sp³-hybridized carbons (Fsp3) is 0.556. The Morgan fingerprint density at radius 2 is 1.71 bits per heavy atom. The van der Waals surface area contributed by atoms with E-state index >= 15 is 0 Å². The molecule has 2 rings (SSSR count). The van der Waals surface area contributed by atoms with Crippen molar-refractivity contribution in [3.05, 3.63) is 34.9 Å². The van der Waals surface area contributed by atoms with E-state index in [2.05, 4.69) is 0 Å². The van der Waals surface area contributed by atoms with Gasteiger partial charge in [-0.3, -0.25) is 9.59 Å². The standard InChI is InChI=1S/C18H27ClN4O4S/c1-4-21(5-2)17(24)14-20(3)28(26,27)23-11-9-22(10-12-23)18(25)15-7-6-8-16(19)13-15/h6-8,13H,4-5,9-12,14H2,1-3H3. The fourth-order valence-electron chi connectivity index (χ4n) is 3.07. The second kappa shape index (κ2) is 9.69. The largest absolute Gasteiger partial charge is 0.342 e. The van der Waals surface area contributed by atoms with Crippen LogP contribution in [0.1, 0.15) is 24.2 Å². The summed E-state index contributed by atoms with van der Waals surface area (Å²) in [7, 11) is -2.36. The average Bonchev–Trinajstić information content (AvgIpc) is 2.68. The highest BCUT2D eigenvalue weighted by molar-refractivity contribution is 7.86. The molecular weight excluding hydrogens is 404 g/mol. The van der Waals surface area contributed by atoms with Crippen molar-refractivity contribution in [2.24, 2.45) is 0 Å². The minimum atomic E-state index is -3.77. The zero-order valence-corrected chi connectivity index (χ0v) is 18.0. The first kappa shape index (κ1) is 22.6. The molecule has 0 aliphatic carbocycles. The summed E-state index contributed by atoms with van der Waals surface area (Å²) in [5, 5.41) is 0.478. The number of amides is 2. The molecule has 1 fully saturated rings. The van der Waals surface area contributed by atoms with Crippen LogP contribution >= 0.6 is 11.6 Å². The van der Waals surface area contributed by atoms with Crippen LogP contribution in [0.3, 0.4) is 0 Å². The lowest BCUT2D eigenvalue weighted by molar-refractivity contribution is -0.130. The van der Waals surface area contributed by atoms with Crippen LogP contribution in [0, 0.1) is 0 Å². The Morgan fingerprint density at radius 1 is 1.11 bits per heavy atom. The lowest BCUT2D eigenvalue weighted by Gasteiger charge is -2.36. The zero-order chi connectivity index (χ0) is 20.9. The lowest BCUT2D eigenvalue weighted by Crippen LogP contribution is -2.54. The van der Waals surface area contributed by atoms with Crippen LogP contribution in [0.25, 0.3) is 0 Å². The number of halogens is 1. The number of hydrogen-bond acceptors (Lipinski definition) is 4. The summed E-state index contributed by atoms with van der Waals surface area (Å²) in [6, 6.07) is 6.68. The van der Waals surface area contributed by atoms with Crippen LogP contribution in [0.2, 0.25) is 5.02 Å². The van der Waals surface area contributed by atoms with Crippen LogP contribution in [0.15, 0.2) is 24.3 Å². The summed E-state index contributed by atoms with van der Waals surface area (Å²) in [6.07, 6.45) is 0. The molecule has 1 aromatic carbocycles. The lowest BCUT2D eigenvalue weighted by atomic mass is 10.2. The van der Waals surface area contributed by atoms with Gasteiger partial charge in [0.2, 0.25) is 5.91 Å². The number of piperazine rings is 1. The molecule has 0 radical (unpaired) electrons. The van der Waals surface area contributed by atoms with Crippen molar-refractivity contribution in [3.8, 4) is 0 Å². The third-order valence-electron chi connectivity index (χ3n) is 4.79. The Balaban J connectivity index is 1.97. The highest BCUT2D eigenvalue weighted by Crippen LogP contribution is 2.16. The molecule has 1 aliphatic rings. The predicted molar refractivity (Wildman–Crippen MR) is 108 cm³/mol. The second-order valence-electron chi connectivity index (χ2n) is 6.53. The summed E-state index contributed by atoms with van der Waals surface area (Å²) >= 11 is 5.94. The van der Waals surface area contributed by atoms with E-state index in [-0.39, 0.29) is 44.5 Å². The van der Waals surface area contributed by atoms with Gasteiger partial charge in [-0.15, -0.1) is 0 Å². The average molecular weight is 431 g/mol. The maximum atomic E-state index is 12.8. The highest BCUT2D eigenvalue weighted by Gasteiger charge is 2.33. The molecule has 0 bridgehead atoms. The molecule has 1 aromatic rings. The van der Waals surface area contributed by atoms with Gasteiger partial charge in [0.25, 0.3) is 16.1 Å². The Kier molecular flexibility index (Phi) is 7.82. The first-order valence-corrected chi connectivity index (χ1v) is 11.0. The van der Waals surface area contributed by atoms with Crippen LogP contribution in [0.4, 0.5) is 0 Å². The normalized spacial score (nSPS) is 15.7. The van der Waals surface area contributed by atoms with Crippen molar-refractivity contribution >= 4 is 33.6 Å². The molecule has 0 spiro atoms. The number of likely N-dealkylation sites (N-methyl/N-ethyl adjacent to an activating group) is 2. The fourth-order valence-corrected chi connectivity index (χ4v) is 4.55.